The summed E-state index contributed by atoms with van der Waals surface area (Å²) in [6.45, 7) is 0.165. The van der Waals surface area contributed by atoms with Gasteiger partial charge in [-0.1, -0.05) is 5.16 Å². The van der Waals surface area contributed by atoms with E-state index in [0.29, 0.717) is 5.76 Å². The highest BCUT2D eigenvalue weighted by atomic mass is 19.4. The highest BCUT2D eigenvalue weighted by Gasteiger charge is 2.31. The molecule has 0 amide bonds. The quantitative estimate of drug-likeness (QED) is 0.583. The van der Waals surface area contributed by atoms with Crippen molar-refractivity contribution in [2.24, 2.45) is 5.84 Å². The van der Waals surface area contributed by atoms with Crippen molar-refractivity contribution in [1.82, 2.24) is 10.1 Å². The third-order valence-corrected chi connectivity index (χ3v) is 2.24. The predicted octanol–water partition coefficient (Wildman–Crippen LogP) is 1.99. The summed E-state index contributed by atoms with van der Waals surface area (Å²) < 4.78 is 42.7. The Kier molecular flexibility index (Phi) is 3.56. The van der Waals surface area contributed by atoms with E-state index in [2.05, 4.69) is 20.9 Å². The summed E-state index contributed by atoms with van der Waals surface area (Å²) in [6, 6.07) is 3.29. The zero-order valence-corrected chi connectivity index (χ0v) is 9.53. The zero-order valence-electron chi connectivity index (χ0n) is 9.53. The van der Waals surface area contributed by atoms with Gasteiger partial charge >= 0.3 is 6.18 Å². The number of halogens is 3. The number of nitrogens with one attached hydrogen (secondary N) is 2. The number of pyridine rings is 1. The molecule has 19 heavy (non-hydrogen) atoms. The van der Waals surface area contributed by atoms with E-state index in [1.807, 2.05) is 0 Å². The SMILES string of the molecule is NNc1cc(C(F)(F)F)cc(NCc2ccno2)n1. The van der Waals surface area contributed by atoms with Gasteiger partial charge in [0.2, 0.25) is 0 Å². The summed E-state index contributed by atoms with van der Waals surface area (Å²) in [6.07, 6.45) is -3.04. The van der Waals surface area contributed by atoms with E-state index >= 15 is 0 Å². The van der Waals surface area contributed by atoms with Crippen molar-refractivity contribution in [2.45, 2.75) is 12.7 Å². The van der Waals surface area contributed by atoms with Gasteiger partial charge < -0.3 is 15.3 Å². The average molecular weight is 273 g/mol. The maximum absolute atomic E-state index is 12.6. The molecule has 0 atom stereocenters. The number of rotatable bonds is 4. The van der Waals surface area contributed by atoms with Gasteiger partial charge in [0.25, 0.3) is 0 Å². The van der Waals surface area contributed by atoms with Crippen molar-refractivity contribution in [3.63, 3.8) is 0 Å². The van der Waals surface area contributed by atoms with E-state index in [4.69, 9.17) is 10.4 Å². The Morgan fingerprint density at radius 3 is 2.58 bits per heavy atom. The Morgan fingerprint density at radius 2 is 2.00 bits per heavy atom. The average Bonchev–Trinajstić information content (AvgIpc) is 2.88. The van der Waals surface area contributed by atoms with Gasteiger partial charge in [0.15, 0.2) is 5.76 Å². The molecule has 0 radical (unpaired) electrons. The lowest BCUT2D eigenvalue weighted by atomic mass is 10.2. The van der Waals surface area contributed by atoms with Crippen molar-refractivity contribution in [2.75, 3.05) is 10.7 Å². The highest BCUT2D eigenvalue weighted by molar-refractivity contribution is 5.49. The first-order valence-corrected chi connectivity index (χ1v) is 5.18. The molecule has 0 aliphatic carbocycles. The van der Waals surface area contributed by atoms with Crippen LogP contribution in [-0.4, -0.2) is 10.1 Å². The molecule has 0 fully saturated rings. The van der Waals surface area contributed by atoms with Crippen molar-refractivity contribution < 1.29 is 17.7 Å². The number of alkyl halides is 3. The second-order valence-corrected chi connectivity index (χ2v) is 3.60. The van der Waals surface area contributed by atoms with E-state index < -0.39 is 11.7 Å². The maximum Gasteiger partial charge on any atom is 0.416 e. The van der Waals surface area contributed by atoms with Crippen LogP contribution < -0.4 is 16.6 Å². The fourth-order valence-electron chi connectivity index (χ4n) is 1.37. The molecule has 0 saturated carbocycles. The first-order chi connectivity index (χ1) is 8.99. The Labute approximate surface area is 105 Å². The van der Waals surface area contributed by atoms with Crippen molar-refractivity contribution in [3.8, 4) is 0 Å². The van der Waals surface area contributed by atoms with Crippen LogP contribution in [0.1, 0.15) is 11.3 Å². The smallest absolute Gasteiger partial charge is 0.363 e. The minimum Gasteiger partial charge on any atom is -0.363 e. The van der Waals surface area contributed by atoms with Gasteiger partial charge in [0.05, 0.1) is 18.3 Å². The monoisotopic (exact) mass is 273 g/mol. The van der Waals surface area contributed by atoms with Crippen LogP contribution in [0.5, 0.6) is 0 Å². The summed E-state index contributed by atoms with van der Waals surface area (Å²) in [5.74, 6) is 5.50. The molecule has 2 aromatic heterocycles. The number of nitrogen functional groups attached to an aromatic ring is 1. The normalized spacial score (nSPS) is 11.4. The van der Waals surface area contributed by atoms with Crippen LogP contribution in [0.3, 0.4) is 0 Å². The van der Waals surface area contributed by atoms with Gasteiger partial charge in [-0.25, -0.2) is 10.8 Å². The van der Waals surface area contributed by atoms with Crippen LogP contribution in [-0.2, 0) is 12.7 Å². The van der Waals surface area contributed by atoms with Gasteiger partial charge in [-0.2, -0.15) is 13.2 Å². The second kappa shape index (κ2) is 5.14. The van der Waals surface area contributed by atoms with Gasteiger partial charge in [0, 0.05) is 6.07 Å². The molecule has 0 bridgehead atoms. The van der Waals surface area contributed by atoms with Crippen molar-refractivity contribution >= 4 is 11.6 Å². The topological polar surface area (TPSA) is 89.0 Å². The molecule has 0 spiro atoms. The van der Waals surface area contributed by atoms with Crippen LogP contribution in [0.2, 0.25) is 0 Å². The fraction of sp³-hybridized carbons (Fsp3) is 0.200. The molecule has 0 aromatic carbocycles. The standard InChI is InChI=1S/C10H10F3N5O/c11-10(12,13)6-3-8(17-9(4-6)18-14)15-5-7-1-2-16-19-7/h1-4H,5,14H2,(H2,15,17,18). The Hall–Kier alpha value is -2.29. The van der Waals surface area contributed by atoms with Crippen LogP contribution in [0.15, 0.2) is 28.9 Å². The summed E-state index contributed by atoms with van der Waals surface area (Å²) >= 11 is 0. The van der Waals surface area contributed by atoms with Crippen LogP contribution in [0.4, 0.5) is 24.8 Å². The number of nitrogens with two attached hydrogens (primary N) is 1. The molecule has 4 N–H and O–H groups in total. The molecule has 2 rings (SSSR count). The molecule has 102 valence electrons. The minimum atomic E-state index is -4.47. The van der Waals surface area contributed by atoms with Gasteiger partial charge in [-0.15, -0.1) is 0 Å². The van der Waals surface area contributed by atoms with Crippen LogP contribution in [0, 0.1) is 0 Å². The predicted molar refractivity (Wildman–Crippen MR) is 60.9 cm³/mol. The highest BCUT2D eigenvalue weighted by Crippen LogP contribution is 2.31. The van der Waals surface area contributed by atoms with E-state index in [9.17, 15) is 13.2 Å². The third-order valence-electron chi connectivity index (χ3n) is 2.24. The number of aromatic nitrogens is 2. The first-order valence-electron chi connectivity index (χ1n) is 5.18. The van der Waals surface area contributed by atoms with E-state index in [-0.39, 0.29) is 18.2 Å². The molecular formula is C10H10F3N5O. The third kappa shape index (κ3) is 3.35. The molecule has 6 nitrogen and oxygen atoms in total. The Morgan fingerprint density at radius 1 is 1.26 bits per heavy atom. The molecule has 0 aliphatic heterocycles. The molecule has 9 heteroatoms. The van der Waals surface area contributed by atoms with E-state index in [1.165, 1.54) is 6.20 Å². The fourth-order valence-corrected chi connectivity index (χ4v) is 1.37. The number of hydrogen-bond donors (Lipinski definition) is 3. The maximum atomic E-state index is 12.6. The summed E-state index contributed by atoms with van der Waals surface area (Å²) in [5, 5.41) is 6.17. The number of hydrazine groups is 1. The van der Waals surface area contributed by atoms with Gasteiger partial charge in [-0.3, -0.25) is 0 Å². The molecule has 0 aliphatic rings. The molecule has 0 saturated heterocycles. The lowest BCUT2D eigenvalue weighted by molar-refractivity contribution is -0.137. The molecule has 2 heterocycles. The van der Waals surface area contributed by atoms with E-state index in [1.54, 1.807) is 6.07 Å². The van der Waals surface area contributed by atoms with Crippen molar-refractivity contribution in [1.29, 1.82) is 0 Å². The van der Waals surface area contributed by atoms with Crippen molar-refractivity contribution in [3.05, 3.63) is 35.7 Å². The number of anilines is 2. The first kappa shape index (κ1) is 13.1. The summed E-state index contributed by atoms with van der Waals surface area (Å²) in [5.41, 5.74) is 1.23. The minimum absolute atomic E-state index is 0.0270. The lowest BCUT2D eigenvalue weighted by Crippen LogP contribution is -2.13. The zero-order chi connectivity index (χ0) is 13.9. The Balaban J connectivity index is 2.19. The molecular weight excluding hydrogens is 263 g/mol. The largest absolute Gasteiger partial charge is 0.416 e. The summed E-state index contributed by atoms with van der Waals surface area (Å²) in [7, 11) is 0. The summed E-state index contributed by atoms with van der Waals surface area (Å²) in [4.78, 5) is 3.86. The van der Waals surface area contributed by atoms with Gasteiger partial charge in [0.1, 0.15) is 11.6 Å². The van der Waals surface area contributed by atoms with Crippen LogP contribution in [0.25, 0.3) is 0 Å². The molecule has 0 unspecified atom stereocenters. The molecule has 2 aromatic rings. The number of nitrogens with zero attached hydrogens (tertiary/aromatic N) is 2. The second-order valence-electron chi connectivity index (χ2n) is 3.60. The number of hydrogen-bond acceptors (Lipinski definition) is 6. The van der Waals surface area contributed by atoms with E-state index in [0.717, 1.165) is 12.1 Å². The Bertz CT molecular complexity index is 541. The lowest BCUT2D eigenvalue weighted by Gasteiger charge is -2.11. The van der Waals surface area contributed by atoms with Crippen LogP contribution >= 0.6 is 0 Å². The van der Waals surface area contributed by atoms with Gasteiger partial charge in [-0.05, 0) is 12.1 Å².